The minimum atomic E-state index is 0.115. The molecule has 0 amide bonds. The van der Waals surface area contributed by atoms with Crippen molar-refractivity contribution in [2.24, 2.45) is 11.7 Å². The molecule has 0 fully saturated rings. The summed E-state index contributed by atoms with van der Waals surface area (Å²) in [5.41, 5.74) is 7.42. The standard InChI is InChI=1S/C16H27NO/c1-5-12(3)14-7-9-15(10-8-14)18-11-16(17)13(4)6-2/h7-10,12-13,16H,5-6,11,17H2,1-4H3. The molecular formula is C16H27NO. The van der Waals surface area contributed by atoms with Crippen LogP contribution in [0.25, 0.3) is 0 Å². The van der Waals surface area contributed by atoms with Crippen LogP contribution in [0.3, 0.4) is 0 Å². The zero-order valence-corrected chi connectivity index (χ0v) is 12.1. The predicted molar refractivity (Wildman–Crippen MR) is 78.1 cm³/mol. The molecule has 0 aromatic heterocycles. The molecule has 0 saturated heterocycles. The summed E-state index contributed by atoms with van der Waals surface area (Å²) in [5, 5.41) is 0. The van der Waals surface area contributed by atoms with Gasteiger partial charge in [-0.3, -0.25) is 0 Å². The van der Waals surface area contributed by atoms with E-state index in [2.05, 4.69) is 39.8 Å². The maximum absolute atomic E-state index is 6.05. The van der Waals surface area contributed by atoms with Crippen LogP contribution >= 0.6 is 0 Å². The van der Waals surface area contributed by atoms with E-state index in [1.54, 1.807) is 0 Å². The normalized spacial score (nSPS) is 16.1. The first kappa shape index (κ1) is 15.0. The van der Waals surface area contributed by atoms with Crippen LogP contribution in [0.4, 0.5) is 0 Å². The molecule has 0 heterocycles. The summed E-state index contributed by atoms with van der Waals surface area (Å²) in [5.74, 6) is 2.03. The molecule has 1 aromatic carbocycles. The van der Waals surface area contributed by atoms with Gasteiger partial charge in [-0.1, -0.05) is 46.2 Å². The monoisotopic (exact) mass is 249 g/mol. The molecule has 0 spiro atoms. The second-order valence-corrected chi connectivity index (χ2v) is 5.24. The van der Waals surface area contributed by atoms with Gasteiger partial charge < -0.3 is 10.5 Å². The summed E-state index contributed by atoms with van der Waals surface area (Å²) >= 11 is 0. The van der Waals surface area contributed by atoms with E-state index in [1.807, 2.05) is 12.1 Å². The van der Waals surface area contributed by atoms with Gasteiger partial charge >= 0.3 is 0 Å². The van der Waals surface area contributed by atoms with Crippen LogP contribution in [0.5, 0.6) is 5.75 Å². The van der Waals surface area contributed by atoms with Crippen LogP contribution in [0, 0.1) is 5.92 Å². The Morgan fingerprint density at radius 2 is 1.67 bits per heavy atom. The summed E-state index contributed by atoms with van der Waals surface area (Å²) in [6.07, 6.45) is 2.26. The number of ether oxygens (including phenoxy) is 1. The van der Waals surface area contributed by atoms with Crippen LogP contribution in [0.1, 0.15) is 52.0 Å². The molecule has 3 atom stereocenters. The van der Waals surface area contributed by atoms with E-state index in [-0.39, 0.29) is 6.04 Å². The van der Waals surface area contributed by atoms with Crippen LogP contribution in [-0.4, -0.2) is 12.6 Å². The quantitative estimate of drug-likeness (QED) is 0.794. The van der Waals surface area contributed by atoms with Gasteiger partial charge in [0.05, 0.1) is 0 Å². The Bertz CT molecular complexity index is 333. The minimum Gasteiger partial charge on any atom is -0.492 e. The zero-order chi connectivity index (χ0) is 13.5. The highest BCUT2D eigenvalue weighted by molar-refractivity contribution is 5.29. The van der Waals surface area contributed by atoms with Crippen molar-refractivity contribution in [2.75, 3.05) is 6.61 Å². The third kappa shape index (κ3) is 4.34. The first-order chi connectivity index (χ1) is 8.58. The fourth-order valence-corrected chi connectivity index (χ4v) is 1.79. The molecule has 1 aromatic rings. The molecule has 0 radical (unpaired) electrons. The van der Waals surface area contributed by atoms with Crippen molar-refractivity contribution < 1.29 is 4.74 Å². The summed E-state index contributed by atoms with van der Waals surface area (Å²) < 4.78 is 5.73. The average Bonchev–Trinajstić information content (AvgIpc) is 2.43. The lowest BCUT2D eigenvalue weighted by atomic mass is 9.99. The number of rotatable bonds is 7. The Labute approximate surface area is 112 Å². The Morgan fingerprint density at radius 1 is 1.06 bits per heavy atom. The highest BCUT2D eigenvalue weighted by Crippen LogP contribution is 2.21. The van der Waals surface area contributed by atoms with E-state index in [4.69, 9.17) is 10.5 Å². The average molecular weight is 249 g/mol. The number of benzene rings is 1. The molecule has 0 aliphatic rings. The van der Waals surface area contributed by atoms with Crippen molar-refractivity contribution in [3.63, 3.8) is 0 Å². The maximum atomic E-state index is 6.05. The Hall–Kier alpha value is -1.02. The van der Waals surface area contributed by atoms with Gasteiger partial charge in [-0.25, -0.2) is 0 Å². The summed E-state index contributed by atoms with van der Waals surface area (Å²) in [6, 6.07) is 8.51. The zero-order valence-electron chi connectivity index (χ0n) is 12.1. The van der Waals surface area contributed by atoms with Gasteiger partial charge in [0, 0.05) is 6.04 Å². The van der Waals surface area contributed by atoms with Gasteiger partial charge in [0.2, 0.25) is 0 Å². The van der Waals surface area contributed by atoms with E-state index in [1.165, 1.54) is 12.0 Å². The van der Waals surface area contributed by atoms with Crippen molar-refractivity contribution in [1.29, 1.82) is 0 Å². The molecule has 2 heteroatoms. The van der Waals surface area contributed by atoms with Crippen LogP contribution in [-0.2, 0) is 0 Å². The summed E-state index contributed by atoms with van der Waals surface area (Å²) in [4.78, 5) is 0. The van der Waals surface area contributed by atoms with E-state index in [0.717, 1.165) is 12.2 Å². The van der Waals surface area contributed by atoms with E-state index in [9.17, 15) is 0 Å². The van der Waals surface area contributed by atoms with Crippen molar-refractivity contribution >= 4 is 0 Å². The molecule has 0 aliphatic carbocycles. The predicted octanol–water partition coefficient (Wildman–Crippen LogP) is 3.95. The molecule has 2 nitrogen and oxygen atoms in total. The fraction of sp³-hybridized carbons (Fsp3) is 0.625. The third-order valence-corrected chi connectivity index (χ3v) is 3.88. The maximum Gasteiger partial charge on any atom is 0.119 e. The lowest BCUT2D eigenvalue weighted by Gasteiger charge is -2.19. The second kappa shape index (κ2) is 7.42. The van der Waals surface area contributed by atoms with Crippen molar-refractivity contribution in [3.05, 3.63) is 29.8 Å². The lowest BCUT2D eigenvalue weighted by Crippen LogP contribution is -2.34. The van der Waals surface area contributed by atoms with E-state index < -0.39 is 0 Å². The Kier molecular flexibility index (Phi) is 6.20. The molecule has 2 N–H and O–H groups in total. The Morgan fingerprint density at radius 3 is 2.17 bits per heavy atom. The molecular weight excluding hydrogens is 222 g/mol. The van der Waals surface area contributed by atoms with Gasteiger partial charge in [0.15, 0.2) is 0 Å². The van der Waals surface area contributed by atoms with E-state index >= 15 is 0 Å². The first-order valence-corrected chi connectivity index (χ1v) is 7.06. The molecule has 3 unspecified atom stereocenters. The third-order valence-electron chi connectivity index (χ3n) is 3.88. The van der Waals surface area contributed by atoms with Gasteiger partial charge in [-0.15, -0.1) is 0 Å². The van der Waals surface area contributed by atoms with Crippen LogP contribution in [0.2, 0.25) is 0 Å². The highest BCUT2D eigenvalue weighted by Gasteiger charge is 2.11. The van der Waals surface area contributed by atoms with Crippen molar-refractivity contribution in [2.45, 2.75) is 52.5 Å². The van der Waals surface area contributed by atoms with Crippen molar-refractivity contribution in [1.82, 2.24) is 0 Å². The molecule has 102 valence electrons. The lowest BCUT2D eigenvalue weighted by molar-refractivity contribution is 0.250. The summed E-state index contributed by atoms with van der Waals surface area (Å²) in [6.45, 7) is 9.37. The second-order valence-electron chi connectivity index (χ2n) is 5.24. The smallest absolute Gasteiger partial charge is 0.119 e. The molecule has 0 saturated carbocycles. The highest BCUT2D eigenvalue weighted by atomic mass is 16.5. The van der Waals surface area contributed by atoms with Gasteiger partial charge in [-0.2, -0.15) is 0 Å². The molecule has 18 heavy (non-hydrogen) atoms. The number of hydrogen-bond donors (Lipinski definition) is 1. The van der Waals surface area contributed by atoms with Crippen LogP contribution in [0.15, 0.2) is 24.3 Å². The number of hydrogen-bond acceptors (Lipinski definition) is 2. The number of nitrogens with two attached hydrogens (primary N) is 1. The fourth-order valence-electron chi connectivity index (χ4n) is 1.79. The van der Waals surface area contributed by atoms with E-state index in [0.29, 0.717) is 18.4 Å². The topological polar surface area (TPSA) is 35.2 Å². The first-order valence-electron chi connectivity index (χ1n) is 7.06. The molecule has 1 rings (SSSR count). The minimum absolute atomic E-state index is 0.115. The van der Waals surface area contributed by atoms with Gasteiger partial charge in [-0.05, 0) is 36.0 Å². The SMILES string of the molecule is CCC(C)c1ccc(OCC(N)C(C)CC)cc1. The molecule has 0 bridgehead atoms. The summed E-state index contributed by atoms with van der Waals surface area (Å²) in [7, 11) is 0. The molecule has 0 aliphatic heterocycles. The van der Waals surface area contributed by atoms with Gasteiger partial charge in [0.25, 0.3) is 0 Å². The largest absolute Gasteiger partial charge is 0.492 e. The van der Waals surface area contributed by atoms with Crippen LogP contribution < -0.4 is 10.5 Å². The Balaban J connectivity index is 2.49. The van der Waals surface area contributed by atoms with Crippen molar-refractivity contribution in [3.8, 4) is 5.75 Å². The van der Waals surface area contributed by atoms with Gasteiger partial charge in [0.1, 0.15) is 12.4 Å².